The minimum atomic E-state index is -2.57. The van der Waals surface area contributed by atoms with Crippen LogP contribution in [0.4, 0.5) is 0 Å². The highest BCUT2D eigenvalue weighted by Crippen LogP contribution is 2.36. The lowest BCUT2D eigenvalue weighted by atomic mass is 10.0. The van der Waals surface area contributed by atoms with Crippen LogP contribution >= 0.6 is 44.8 Å². The van der Waals surface area contributed by atoms with Gasteiger partial charge >= 0.3 is 6.00 Å². The summed E-state index contributed by atoms with van der Waals surface area (Å²) in [6.07, 6.45) is 0. The lowest BCUT2D eigenvalue weighted by molar-refractivity contribution is 0.859. The average Bonchev–Trinajstić information content (AvgIpc) is 2.01. The molecule has 0 aliphatic rings. The molecule has 0 spiro atoms. The fourth-order valence-corrected chi connectivity index (χ4v) is 4.65. The molecule has 0 aliphatic carbocycles. The van der Waals surface area contributed by atoms with Crippen molar-refractivity contribution in [3.63, 3.8) is 0 Å². The fourth-order valence-electron chi connectivity index (χ4n) is 1.33. The van der Waals surface area contributed by atoms with Gasteiger partial charge in [0.05, 0.1) is 0 Å². The molecule has 1 aromatic rings. The van der Waals surface area contributed by atoms with Gasteiger partial charge in [-0.25, -0.2) is 0 Å². The Morgan fingerprint density at radius 3 is 2.29 bits per heavy atom. The molecule has 0 fully saturated rings. The number of hydrogen-bond acceptors (Lipinski definition) is 0. The molecule has 78 valence electrons. The summed E-state index contributed by atoms with van der Waals surface area (Å²) in [5, 5.41) is 0.739. The smallest absolute Gasteiger partial charge is 0.126 e. The third-order valence-electron chi connectivity index (χ3n) is 1.97. The van der Waals surface area contributed by atoms with Gasteiger partial charge in [0.15, 0.2) is 0 Å². The first-order valence-electron chi connectivity index (χ1n) is 4.21. The molecule has 0 saturated heterocycles. The molecule has 0 aromatic heterocycles. The van der Waals surface area contributed by atoms with Crippen molar-refractivity contribution in [2.24, 2.45) is 0 Å². The van der Waals surface area contributed by atoms with E-state index >= 15 is 0 Å². The Kier molecular flexibility index (Phi) is 4.60. The van der Waals surface area contributed by atoms with Gasteiger partial charge < -0.3 is 0 Å². The molecular formula is C9H10Cl4Si. The Hall–Kier alpha value is 0.597. The Balaban J connectivity index is 2.80. The van der Waals surface area contributed by atoms with E-state index in [0.29, 0.717) is 6.04 Å². The van der Waals surface area contributed by atoms with E-state index in [2.05, 4.69) is 0 Å². The number of halogens is 4. The average molecular weight is 288 g/mol. The summed E-state index contributed by atoms with van der Waals surface area (Å²) in [7, 11) is 0. The van der Waals surface area contributed by atoms with Crippen molar-refractivity contribution in [1.29, 1.82) is 0 Å². The van der Waals surface area contributed by atoms with Crippen LogP contribution in [0, 0.1) is 0 Å². The summed E-state index contributed by atoms with van der Waals surface area (Å²) in [5.74, 6) is 0.197. The molecule has 14 heavy (non-hydrogen) atoms. The first-order valence-corrected chi connectivity index (χ1v) is 9.83. The summed E-state index contributed by atoms with van der Waals surface area (Å²) >= 11 is 23.6. The van der Waals surface area contributed by atoms with E-state index in [1.165, 1.54) is 0 Å². The van der Waals surface area contributed by atoms with Crippen LogP contribution in [-0.2, 0) is 0 Å². The van der Waals surface area contributed by atoms with E-state index in [0.717, 1.165) is 10.6 Å². The van der Waals surface area contributed by atoms with Crippen molar-refractivity contribution in [2.45, 2.75) is 18.9 Å². The van der Waals surface area contributed by atoms with Gasteiger partial charge in [0.1, 0.15) is 0 Å². The number of benzene rings is 1. The lowest BCUT2D eigenvalue weighted by Gasteiger charge is -2.16. The number of rotatable bonds is 3. The summed E-state index contributed by atoms with van der Waals surface area (Å²) in [5.41, 5.74) is 1.05. The molecule has 1 unspecified atom stereocenters. The highest BCUT2D eigenvalue weighted by atomic mass is 35.8. The standard InChI is InChI=1S/C9H10Cl4Si/c1-7(6-14(11,12)13)8-4-2-3-5-9(8)10/h2-5,7H,6H2,1H3. The normalized spacial score (nSPS) is 14.1. The quantitative estimate of drug-likeness (QED) is 0.536. The van der Waals surface area contributed by atoms with Gasteiger partial charge in [-0.1, -0.05) is 36.7 Å². The van der Waals surface area contributed by atoms with Crippen molar-refractivity contribution in [2.75, 3.05) is 0 Å². The highest BCUT2D eigenvalue weighted by Gasteiger charge is 2.28. The van der Waals surface area contributed by atoms with Crippen LogP contribution in [0.25, 0.3) is 0 Å². The Morgan fingerprint density at radius 2 is 1.79 bits per heavy atom. The zero-order valence-corrected chi connectivity index (χ0v) is 11.6. The molecule has 5 heteroatoms. The van der Waals surface area contributed by atoms with Crippen LogP contribution < -0.4 is 0 Å². The van der Waals surface area contributed by atoms with Crippen LogP contribution in [0.15, 0.2) is 24.3 Å². The molecule has 0 heterocycles. The topological polar surface area (TPSA) is 0 Å². The van der Waals surface area contributed by atoms with Gasteiger partial charge in [-0.2, -0.15) is 0 Å². The molecule has 0 N–H and O–H groups in total. The molecule has 0 bridgehead atoms. The van der Waals surface area contributed by atoms with Crippen molar-refractivity contribution < 1.29 is 0 Å². The molecule has 0 aliphatic heterocycles. The first kappa shape index (κ1) is 12.7. The summed E-state index contributed by atoms with van der Waals surface area (Å²) in [6, 6.07) is 5.69. The van der Waals surface area contributed by atoms with Crippen LogP contribution in [0.1, 0.15) is 18.4 Å². The predicted molar refractivity (Wildman–Crippen MR) is 68.0 cm³/mol. The fraction of sp³-hybridized carbons (Fsp3) is 0.333. The van der Waals surface area contributed by atoms with E-state index in [4.69, 9.17) is 44.8 Å². The second-order valence-corrected chi connectivity index (χ2v) is 12.8. The summed E-state index contributed by atoms with van der Waals surface area (Å²) in [4.78, 5) is 0. The second-order valence-electron chi connectivity index (χ2n) is 3.24. The zero-order chi connectivity index (χ0) is 10.8. The van der Waals surface area contributed by atoms with E-state index in [1.807, 2.05) is 31.2 Å². The van der Waals surface area contributed by atoms with Crippen LogP contribution in [0.3, 0.4) is 0 Å². The summed E-state index contributed by atoms with van der Waals surface area (Å²) < 4.78 is 0. The van der Waals surface area contributed by atoms with Gasteiger partial charge in [-0.05, 0) is 23.6 Å². The van der Waals surface area contributed by atoms with Gasteiger partial charge in [0, 0.05) is 5.02 Å². The van der Waals surface area contributed by atoms with Crippen LogP contribution in [0.5, 0.6) is 0 Å². The maximum atomic E-state index is 6.03. The van der Waals surface area contributed by atoms with Gasteiger partial charge in [0.25, 0.3) is 0 Å². The third-order valence-corrected chi connectivity index (χ3v) is 4.78. The van der Waals surface area contributed by atoms with Crippen molar-refractivity contribution in [1.82, 2.24) is 0 Å². The SMILES string of the molecule is CC(C[Si](Cl)(Cl)Cl)c1ccccc1Cl. The monoisotopic (exact) mass is 286 g/mol. The largest absolute Gasteiger partial charge is 0.342 e. The lowest BCUT2D eigenvalue weighted by Crippen LogP contribution is -2.13. The summed E-state index contributed by atoms with van der Waals surface area (Å²) in [6.45, 7) is 2.02. The maximum absolute atomic E-state index is 6.03. The van der Waals surface area contributed by atoms with Crippen LogP contribution in [-0.4, -0.2) is 6.00 Å². The minimum absolute atomic E-state index is 0.197. The minimum Gasteiger partial charge on any atom is -0.126 e. The Morgan fingerprint density at radius 1 is 1.21 bits per heavy atom. The molecule has 0 radical (unpaired) electrons. The molecule has 1 atom stereocenters. The highest BCUT2D eigenvalue weighted by molar-refractivity contribution is 7.64. The third kappa shape index (κ3) is 3.99. The van der Waals surface area contributed by atoms with E-state index in [1.54, 1.807) is 0 Å². The van der Waals surface area contributed by atoms with Crippen molar-refractivity contribution in [3.05, 3.63) is 34.9 Å². The van der Waals surface area contributed by atoms with E-state index in [9.17, 15) is 0 Å². The molecule has 0 amide bonds. The predicted octanol–water partition coefficient (Wildman–Crippen LogP) is 5.10. The van der Waals surface area contributed by atoms with E-state index < -0.39 is 6.00 Å². The first-order chi connectivity index (χ1) is 6.40. The molecule has 1 rings (SSSR count). The Bertz CT molecular complexity index is 308. The van der Waals surface area contributed by atoms with Gasteiger partial charge in [0.2, 0.25) is 0 Å². The second kappa shape index (κ2) is 5.09. The molecule has 0 saturated carbocycles. The molecule has 0 nitrogen and oxygen atoms in total. The Labute approximate surface area is 104 Å². The van der Waals surface area contributed by atoms with Gasteiger partial charge in [-0.3, -0.25) is 0 Å². The van der Waals surface area contributed by atoms with E-state index in [-0.39, 0.29) is 5.92 Å². The van der Waals surface area contributed by atoms with Gasteiger partial charge in [-0.15, -0.1) is 33.2 Å². The van der Waals surface area contributed by atoms with Crippen molar-refractivity contribution in [3.8, 4) is 0 Å². The zero-order valence-electron chi connectivity index (χ0n) is 7.61. The van der Waals surface area contributed by atoms with Crippen LogP contribution in [0.2, 0.25) is 11.1 Å². The number of hydrogen-bond donors (Lipinski definition) is 0. The van der Waals surface area contributed by atoms with Crippen molar-refractivity contribution >= 4 is 50.8 Å². The molecular weight excluding hydrogens is 278 g/mol. The molecule has 1 aromatic carbocycles. The maximum Gasteiger partial charge on any atom is 0.342 e.